The molecule has 0 radical (unpaired) electrons. The first kappa shape index (κ1) is 23.7. The summed E-state index contributed by atoms with van der Waals surface area (Å²) in [4.78, 5) is 37.6. The van der Waals surface area contributed by atoms with Crippen LogP contribution in [0.5, 0.6) is 0 Å². The van der Waals surface area contributed by atoms with Gasteiger partial charge in [-0.3, -0.25) is 14.5 Å². The van der Waals surface area contributed by atoms with Gasteiger partial charge in [0.2, 0.25) is 11.8 Å². The van der Waals surface area contributed by atoms with Crippen LogP contribution in [-0.4, -0.2) is 79.0 Å². The van der Waals surface area contributed by atoms with Crippen LogP contribution in [0.1, 0.15) is 5.89 Å². The van der Waals surface area contributed by atoms with Gasteiger partial charge < -0.3 is 19.6 Å². The third kappa shape index (κ3) is 4.80. The fraction of sp³-hybridized carbons (Fsp3) is 0.533. The van der Waals surface area contributed by atoms with E-state index in [4.69, 9.17) is 9.15 Å². The summed E-state index contributed by atoms with van der Waals surface area (Å²) in [6, 6.07) is 0. The molecule has 2 N–H and O–H groups in total. The van der Waals surface area contributed by atoms with E-state index in [1.807, 2.05) is 0 Å². The number of ether oxygens (including phenoxy) is 1. The SMILES string of the molecule is CO[C@@]1(NC(=O)CSC(F)(F)F)C(=O)N2C(C(=O)O)=C(CSc3nnc(C)o3)CS[C@H]21. The molecule has 0 aromatic carbocycles. The normalized spacial score (nSPS) is 23.5. The highest BCUT2D eigenvalue weighted by molar-refractivity contribution is 8.01. The molecule has 0 aliphatic carbocycles. The summed E-state index contributed by atoms with van der Waals surface area (Å²) in [5.41, 5.74) is -6.43. The van der Waals surface area contributed by atoms with E-state index in [2.05, 4.69) is 15.5 Å². The Labute approximate surface area is 185 Å². The van der Waals surface area contributed by atoms with Crippen molar-refractivity contribution in [3.63, 3.8) is 0 Å². The van der Waals surface area contributed by atoms with Gasteiger partial charge in [-0.15, -0.1) is 22.0 Å². The van der Waals surface area contributed by atoms with Crippen LogP contribution in [-0.2, 0) is 19.1 Å². The van der Waals surface area contributed by atoms with E-state index in [1.165, 1.54) is 0 Å². The number of β-lactam (4-membered cyclic amide) rings is 1. The van der Waals surface area contributed by atoms with E-state index in [0.29, 0.717) is 11.5 Å². The highest BCUT2D eigenvalue weighted by atomic mass is 32.2. The number of fused-ring (bicyclic) bond motifs is 1. The maximum atomic E-state index is 12.8. The highest BCUT2D eigenvalue weighted by Crippen LogP contribution is 2.47. The van der Waals surface area contributed by atoms with E-state index in [1.54, 1.807) is 6.92 Å². The van der Waals surface area contributed by atoms with Gasteiger partial charge in [0.1, 0.15) is 11.1 Å². The molecule has 1 fully saturated rings. The predicted molar refractivity (Wildman–Crippen MR) is 104 cm³/mol. The van der Waals surface area contributed by atoms with E-state index in [9.17, 15) is 32.7 Å². The van der Waals surface area contributed by atoms with E-state index in [-0.39, 0.29) is 22.4 Å². The van der Waals surface area contributed by atoms with Crippen molar-refractivity contribution in [3.8, 4) is 0 Å². The Morgan fingerprint density at radius 1 is 1.45 bits per heavy atom. The fourth-order valence-corrected chi connectivity index (χ4v) is 5.68. The monoisotopic (exact) mass is 500 g/mol. The summed E-state index contributed by atoms with van der Waals surface area (Å²) in [7, 11) is 1.11. The number of aryl methyl sites for hydroxylation is 1. The first-order chi connectivity index (χ1) is 14.5. The second-order valence-electron chi connectivity index (χ2n) is 6.19. The van der Waals surface area contributed by atoms with Gasteiger partial charge in [0, 0.05) is 25.5 Å². The maximum absolute atomic E-state index is 12.8. The van der Waals surface area contributed by atoms with Gasteiger partial charge in [0.25, 0.3) is 16.9 Å². The predicted octanol–water partition coefficient (Wildman–Crippen LogP) is 1.44. The molecule has 2 aliphatic rings. The number of alkyl halides is 3. The Hall–Kier alpha value is -1.91. The van der Waals surface area contributed by atoms with Gasteiger partial charge in [-0.25, -0.2) is 4.79 Å². The average Bonchev–Trinajstić information content (AvgIpc) is 3.12. The van der Waals surface area contributed by atoms with Crippen molar-refractivity contribution in [2.45, 2.75) is 28.8 Å². The molecule has 3 heterocycles. The first-order valence-corrected chi connectivity index (χ1v) is 11.4. The van der Waals surface area contributed by atoms with Crippen molar-refractivity contribution in [3.05, 3.63) is 17.2 Å². The fourth-order valence-electron chi connectivity index (χ4n) is 2.93. The molecule has 3 rings (SSSR count). The molecule has 0 spiro atoms. The molecule has 170 valence electrons. The number of amides is 2. The number of carbonyl (C=O) groups excluding carboxylic acids is 2. The Kier molecular flexibility index (Phi) is 6.83. The summed E-state index contributed by atoms with van der Waals surface area (Å²) < 4.78 is 47.4. The molecule has 10 nitrogen and oxygen atoms in total. The molecular weight excluding hydrogens is 485 g/mol. The zero-order valence-corrected chi connectivity index (χ0v) is 18.3. The number of aromatic nitrogens is 2. The van der Waals surface area contributed by atoms with Crippen LogP contribution in [0.15, 0.2) is 20.9 Å². The standard InChI is InChI=1S/C15H15F3N4O6S3/c1-6-20-21-13(28-6)30-4-7-3-29-12-14(27-2,11(26)22(12)9(7)10(24)25)19-8(23)5-31-15(16,17)18/h12H,3-5H2,1-2H3,(H,19,23)(H,24,25)/t12-,14-/m0/s1. The molecule has 0 unspecified atom stereocenters. The molecule has 2 amide bonds. The number of methoxy groups -OCH3 is 1. The number of rotatable bonds is 8. The molecule has 2 atom stereocenters. The maximum Gasteiger partial charge on any atom is 0.442 e. The second-order valence-corrected chi connectivity index (χ2v) is 9.23. The van der Waals surface area contributed by atoms with Crippen molar-refractivity contribution >= 4 is 53.1 Å². The van der Waals surface area contributed by atoms with Gasteiger partial charge in [-0.05, 0) is 17.3 Å². The third-order valence-electron chi connectivity index (χ3n) is 4.20. The lowest BCUT2D eigenvalue weighted by molar-refractivity contribution is -0.192. The lowest BCUT2D eigenvalue weighted by atomic mass is 9.98. The van der Waals surface area contributed by atoms with Gasteiger partial charge in [0.15, 0.2) is 0 Å². The molecule has 1 saturated heterocycles. The Bertz CT molecular complexity index is 939. The number of halogens is 3. The van der Waals surface area contributed by atoms with Crippen LogP contribution >= 0.6 is 35.3 Å². The van der Waals surface area contributed by atoms with E-state index < -0.39 is 51.9 Å². The highest BCUT2D eigenvalue weighted by Gasteiger charge is 2.66. The number of hydrogen-bond donors (Lipinski definition) is 2. The number of carboxylic acid groups (broad SMARTS) is 1. The molecule has 1 aromatic heterocycles. The lowest BCUT2D eigenvalue weighted by Gasteiger charge is -2.55. The molecule has 1 aromatic rings. The smallest absolute Gasteiger partial charge is 0.442 e. The summed E-state index contributed by atoms with van der Waals surface area (Å²) in [6.45, 7) is 1.60. The molecule has 16 heteroatoms. The van der Waals surface area contributed by atoms with Crippen LogP contribution in [0, 0.1) is 6.92 Å². The Balaban J connectivity index is 1.76. The number of aliphatic carboxylic acids is 1. The minimum absolute atomic E-state index is 0.154. The molecule has 0 saturated carbocycles. The topological polar surface area (TPSA) is 135 Å². The summed E-state index contributed by atoms with van der Waals surface area (Å²) in [5.74, 6) is -3.60. The molecule has 0 bridgehead atoms. The molecular formula is C15H15F3N4O6S3. The van der Waals surface area contributed by atoms with Crippen LogP contribution in [0.3, 0.4) is 0 Å². The second kappa shape index (κ2) is 8.91. The van der Waals surface area contributed by atoms with Crippen molar-refractivity contribution < 1.29 is 41.8 Å². The number of carbonyl (C=O) groups is 3. The zero-order chi connectivity index (χ0) is 23.0. The van der Waals surface area contributed by atoms with Gasteiger partial charge in [-0.1, -0.05) is 11.8 Å². The van der Waals surface area contributed by atoms with Crippen molar-refractivity contribution in [1.82, 2.24) is 20.4 Å². The van der Waals surface area contributed by atoms with Gasteiger partial charge in [0.05, 0.1) is 5.75 Å². The van der Waals surface area contributed by atoms with Crippen LogP contribution in [0.4, 0.5) is 13.2 Å². The number of thioether (sulfide) groups is 3. The minimum Gasteiger partial charge on any atom is -0.477 e. The average molecular weight is 501 g/mol. The van der Waals surface area contributed by atoms with Crippen LogP contribution in [0.2, 0.25) is 0 Å². The Morgan fingerprint density at radius 2 is 2.16 bits per heavy atom. The van der Waals surface area contributed by atoms with Gasteiger partial charge >= 0.3 is 11.5 Å². The van der Waals surface area contributed by atoms with E-state index in [0.717, 1.165) is 35.5 Å². The van der Waals surface area contributed by atoms with E-state index >= 15 is 0 Å². The number of hydrogen-bond acceptors (Lipinski definition) is 10. The summed E-state index contributed by atoms with van der Waals surface area (Å²) >= 11 is 1.66. The van der Waals surface area contributed by atoms with Crippen molar-refractivity contribution in [1.29, 1.82) is 0 Å². The quantitative estimate of drug-likeness (QED) is 0.305. The van der Waals surface area contributed by atoms with Crippen LogP contribution < -0.4 is 5.32 Å². The van der Waals surface area contributed by atoms with Crippen LogP contribution in [0.25, 0.3) is 0 Å². The number of carboxylic acids is 1. The largest absolute Gasteiger partial charge is 0.477 e. The van der Waals surface area contributed by atoms with Crippen molar-refractivity contribution in [2.75, 3.05) is 24.4 Å². The first-order valence-electron chi connectivity index (χ1n) is 8.39. The van der Waals surface area contributed by atoms with Crippen molar-refractivity contribution in [2.24, 2.45) is 0 Å². The minimum atomic E-state index is -4.62. The lowest BCUT2D eigenvalue weighted by Crippen LogP contribution is -2.80. The Morgan fingerprint density at radius 3 is 2.71 bits per heavy atom. The summed E-state index contributed by atoms with van der Waals surface area (Å²) in [5, 5.41) is 18.6. The number of nitrogens with one attached hydrogen (secondary N) is 1. The third-order valence-corrected chi connectivity index (χ3v) is 7.22. The molecule has 31 heavy (non-hydrogen) atoms. The molecule has 2 aliphatic heterocycles. The number of nitrogens with zero attached hydrogens (tertiary/aromatic N) is 3. The summed E-state index contributed by atoms with van der Waals surface area (Å²) in [6.07, 6.45) is 0. The van der Waals surface area contributed by atoms with Gasteiger partial charge in [-0.2, -0.15) is 13.2 Å². The zero-order valence-electron chi connectivity index (χ0n) is 15.9.